The van der Waals surface area contributed by atoms with E-state index in [1.165, 1.54) is 29.9 Å². The topological polar surface area (TPSA) is 169 Å². The Kier molecular flexibility index (Phi) is 9.85. The summed E-state index contributed by atoms with van der Waals surface area (Å²) in [5.41, 5.74) is 0.285. The van der Waals surface area contributed by atoms with E-state index in [1.807, 2.05) is 0 Å². The Hall–Kier alpha value is -4.25. The van der Waals surface area contributed by atoms with E-state index in [0.29, 0.717) is 21.6 Å². The minimum absolute atomic E-state index is 0.0928. The third-order valence-corrected chi connectivity index (χ3v) is 8.04. The van der Waals surface area contributed by atoms with Gasteiger partial charge >= 0.3 is 17.6 Å². The smallest absolute Gasteiger partial charge is 0.343 e. The van der Waals surface area contributed by atoms with Gasteiger partial charge in [0.1, 0.15) is 0 Å². The fourth-order valence-corrected chi connectivity index (χ4v) is 6.05. The predicted molar refractivity (Wildman–Crippen MR) is 163 cm³/mol. The molecule has 1 aromatic heterocycles. The summed E-state index contributed by atoms with van der Waals surface area (Å²) >= 11 is 2.81. The van der Waals surface area contributed by atoms with Crippen LogP contribution < -0.4 is 24.4 Å². The summed E-state index contributed by atoms with van der Waals surface area (Å²) in [4.78, 5) is 54.3. The van der Waals surface area contributed by atoms with E-state index >= 15 is 0 Å². The van der Waals surface area contributed by atoms with Crippen molar-refractivity contribution in [2.45, 2.75) is 26.8 Å². The third kappa shape index (κ3) is 6.56. The van der Waals surface area contributed by atoms with Gasteiger partial charge in [-0.05, 0) is 78.8 Å². The molecule has 0 unspecified atom stereocenters. The minimum atomic E-state index is -0.972. The minimum Gasteiger partial charge on any atom is -0.501 e. The number of nitro groups is 1. The van der Waals surface area contributed by atoms with Gasteiger partial charge in [0, 0.05) is 6.07 Å². The van der Waals surface area contributed by atoms with Crippen LogP contribution in [0.25, 0.3) is 6.08 Å². The molecule has 0 fully saturated rings. The number of allylic oxidation sites excluding steroid dienone is 1. The number of nitrogens with zero attached hydrogens (tertiary/aromatic N) is 3. The van der Waals surface area contributed by atoms with Crippen molar-refractivity contribution in [1.29, 1.82) is 0 Å². The molecule has 2 heterocycles. The van der Waals surface area contributed by atoms with Gasteiger partial charge in [-0.1, -0.05) is 17.4 Å². The number of aromatic hydroxyl groups is 1. The number of hydrogen-bond donors (Lipinski definition) is 1. The van der Waals surface area contributed by atoms with Crippen LogP contribution in [-0.4, -0.2) is 53.5 Å². The molecule has 0 aliphatic carbocycles. The summed E-state index contributed by atoms with van der Waals surface area (Å²) in [5.74, 6) is -1.19. The normalized spacial score (nSPS) is 14.5. The molecule has 0 saturated carbocycles. The van der Waals surface area contributed by atoms with Gasteiger partial charge in [-0.2, -0.15) is 0 Å². The number of phenolic OH excluding ortho intramolecular Hbond substituents is 1. The van der Waals surface area contributed by atoms with E-state index in [2.05, 4.69) is 9.73 Å². The number of fused-ring (bicyclic) bond motifs is 1. The van der Waals surface area contributed by atoms with Crippen molar-refractivity contribution in [1.82, 2.24) is 4.57 Å². The maximum atomic E-state index is 13.9. The molecule has 226 valence electrons. The number of nitro benzene ring substituents is 1. The average molecular weight is 723 g/mol. The Labute approximate surface area is 262 Å². The first-order chi connectivity index (χ1) is 20.5. The quantitative estimate of drug-likeness (QED) is 0.142. The molecule has 0 radical (unpaired) electrons. The lowest BCUT2D eigenvalue weighted by molar-refractivity contribution is -0.386. The summed E-state index contributed by atoms with van der Waals surface area (Å²) in [6.45, 7) is 5.07. The number of carbonyl (C=O) groups excluding carboxylic acids is 2. The van der Waals surface area contributed by atoms with Crippen LogP contribution >= 0.6 is 33.9 Å². The number of methoxy groups -OCH3 is 1. The fourth-order valence-electron chi connectivity index (χ4n) is 4.36. The number of ether oxygens (including phenoxy) is 4. The molecule has 13 nitrogen and oxygen atoms in total. The van der Waals surface area contributed by atoms with Crippen LogP contribution in [0.1, 0.15) is 37.9 Å². The summed E-state index contributed by atoms with van der Waals surface area (Å²) in [5, 5.41) is 21.5. The van der Waals surface area contributed by atoms with Crippen LogP contribution in [0, 0.1) is 13.7 Å². The maximum absolute atomic E-state index is 13.9. The van der Waals surface area contributed by atoms with Crippen molar-refractivity contribution < 1.29 is 38.6 Å². The second-order valence-electron chi connectivity index (χ2n) is 8.93. The lowest BCUT2D eigenvalue weighted by atomic mass is 9.95. The molecule has 1 aliphatic heterocycles. The number of rotatable bonds is 10. The molecule has 1 aliphatic rings. The Morgan fingerprint density at radius 3 is 2.58 bits per heavy atom. The van der Waals surface area contributed by atoms with Crippen molar-refractivity contribution in [3.8, 4) is 17.2 Å². The number of thiazole rings is 1. The second kappa shape index (κ2) is 13.4. The Bertz CT molecular complexity index is 1830. The molecule has 0 spiro atoms. The number of hydrogen-bond acceptors (Lipinski definition) is 12. The number of halogens is 1. The molecule has 4 rings (SSSR count). The molecule has 0 amide bonds. The van der Waals surface area contributed by atoms with Crippen LogP contribution in [0.3, 0.4) is 0 Å². The van der Waals surface area contributed by atoms with Crippen molar-refractivity contribution in [3.05, 3.63) is 86.1 Å². The van der Waals surface area contributed by atoms with Crippen molar-refractivity contribution in [2.75, 3.05) is 26.9 Å². The molecular weight excluding hydrogens is 697 g/mol. The second-order valence-corrected chi connectivity index (χ2v) is 11.1. The van der Waals surface area contributed by atoms with Crippen molar-refractivity contribution >= 4 is 57.6 Å². The van der Waals surface area contributed by atoms with Gasteiger partial charge in [0.25, 0.3) is 5.56 Å². The highest BCUT2D eigenvalue weighted by Gasteiger charge is 2.34. The van der Waals surface area contributed by atoms with Crippen LogP contribution in [0.4, 0.5) is 5.69 Å². The Morgan fingerprint density at radius 2 is 1.93 bits per heavy atom. The number of carbonyl (C=O) groups is 2. The lowest BCUT2D eigenvalue weighted by Crippen LogP contribution is -2.40. The standard InChI is InChI=1S/C28H26IN3O10S/c1-5-40-20-12-16(7-8-19(20)42-13-22(33)39-4)24-23(27(36)41-6-2)14(3)30-28-31(24)26(35)21(43-28)11-15-9-17(29)25(34)18(10-15)32(37)38/h7-12,24,34H,5-6,13H2,1-4H3/b21-11-/t24-/m1/s1. The van der Waals surface area contributed by atoms with E-state index in [4.69, 9.17) is 14.2 Å². The van der Waals surface area contributed by atoms with Crippen LogP contribution in [0.15, 0.2) is 51.4 Å². The monoisotopic (exact) mass is 723 g/mol. The van der Waals surface area contributed by atoms with E-state index in [1.54, 1.807) is 61.6 Å². The maximum Gasteiger partial charge on any atom is 0.343 e. The van der Waals surface area contributed by atoms with Gasteiger partial charge in [-0.15, -0.1) is 0 Å². The largest absolute Gasteiger partial charge is 0.501 e. The van der Waals surface area contributed by atoms with Gasteiger partial charge < -0.3 is 24.1 Å². The van der Waals surface area contributed by atoms with Gasteiger partial charge in [-0.3, -0.25) is 19.5 Å². The van der Waals surface area contributed by atoms with Gasteiger partial charge in [0.2, 0.25) is 5.75 Å². The molecule has 0 saturated heterocycles. The molecule has 3 aromatic rings. The Balaban J connectivity index is 1.93. The molecule has 2 aromatic carbocycles. The van der Waals surface area contributed by atoms with Crippen LogP contribution in [0.2, 0.25) is 0 Å². The lowest BCUT2D eigenvalue weighted by Gasteiger charge is -2.25. The number of aromatic nitrogens is 1. The van der Waals surface area contributed by atoms with Gasteiger partial charge in [0.05, 0.1) is 50.7 Å². The molecular formula is C28H26IN3O10S. The molecule has 1 atom stereocenters. The summed E-state index contributed by atoms with van der Waals surface area (Å²) in [6, 6.07) is 6.52. The highest BCUT2D eigenvalue weighted by molar-refractivity contribution is 14.1. The zero-order valence-corrected chi connectivity index (χ0v) is 26.4. The van der Waals surface area contributed by atoms with E-state index < -0.39 is 39.9 Å². The van der Waals surface area contributed by atoms with Gasteiger partial charge in [0.15, 0.2) is 22.9 Å². The fraction of sp³-hybridized carbons (Fsp3) is 0.286. The van der Waals surface area contributed by atoms with Gasteiger partial charge in [-0.25, -0.2) is 14.6 Å². The van der Waals surface area contributed by atoms with E-state index in [0.717, 1.165) is 11.3 Å². The SMILES string of the molecule is CCOC(=O)C1=C(C)N=c2s/c(=C\c3cc(I)c(O)c([N+](=O)[O-])c3)c(=O)n2[C@@H]1c1ccc(OCC(=O)OC)c(OCC)c1. The van der Waals surface area contributed by atoms with Crippen LogP contribution in [0.5, 0.6) is 17.2 Å². The molecule has 43 heavy (non-hydrogen) atoms. The average Bonchev–Trinajstić information content (AvgIpc) is 3.27. The predicted octanol–water partition coefficient (Wildman–Crippen LogP) is 2.97. The molecule has 15 heteroatoms. The first-order valence-electron chi connectivity index (χ1n) is 12.8. The number of esters is 2. The molecule has 1 N–H and O–H groups in total. The number of benzene rings is 2. The zero-order valence-electron chi connectivity index (χ0n) is 23.4. The highest BCUT2D eigenvalue weighted by Crippen LogP contribution is 2.37. The Morgan fingerprint density at radius 1 is 1.19 bits per heavy atom. The van der Waals surface area contributed by atoms with Crippen molar-refractivity contribution in [3.63, 3.8) is 0 Å². The first-order valence-corrected chi connectivity index (χ1v) is 14.7. The van der Waals surface area contributed by atoms with Crippen LogP contribution in [-0.2, 0) is 19.1 Å². The van der Waals surface area contributed by atoms with E-state index in [9.17, 15) is 29.6 Å². The first kappa shape index (κ1) is 31.7. The molecule has 0 bridgehead atoms. The zero-order chi connectivity index (χ0) is 31.4. The summed E-state index contributed by atoms with van der Waals surface area (Å²) < 4.78 is 23.1. The van der Waals surface area contributed by atoms with E-state index in [-0.39, 0.29) is 45.0 Å². The third-order valence-electron chi connectivity index (χ3n) is 6.23. The number of phenols is 1. The van der Waals surface area contributed by atoms with Crippen molar-refractivity contribution in [2.24, 2.45) is 4.99 Å². The highest BCUT2D eigenvalue weighted by atomic mass is 127. The summed E-state index contributed by atoms with van der Waals surface area (Å²) in [6.07, 6.45) is 1.47. The summed E-state index contributed by atoms with van der Waals surface area (Å²) in [7, 11) is 1.24.